The Labute approximate surface area is 101 Å². The Hall–Kier alpha value is -0.0500. The molecule has 0 spiro atoms. The molecule has 0 aliphatic heterocycles. The van der Waals surface area contributed by atoms with Gasteiger partial charge in [0.2, 0.25) is 0 Å². The molecule has 1 aromatic rings. The number of thiophene rings is 1. The molecule has 0 saturated heterocycles. The number of nitrogens with one attached hydrogen (secondary N) is 1. The van der Waals surface area contributed by atoms with Crippen molar-refractivity contribution >= 4 is 22.9 Å². The van der Waals surface area contributed by atoms with Gasteiger partial charge >= 0.3 is 0 Å². The van der Waals surface area contributed by atoms with Crippen molar-refractivity contribution in [3.05, 3.63) is 21.3 Å². The minimum absolute atomic E-state index is 0.422. The molecule has 2 rings (SSSR count). The van der Waals surface area contributed by atoms with Gasteiger partial charge in [-0.05, 0) is 42.2 Å². The van der Waals surface area contributed by atoms with Crippen molar-refractivity contribution in [3.63, 3.8) is 0 Å². The first-order valence-corrected chi connectivity index (χ1v) is 6.82. The van der Waals surface area contributed by atoms with Crippen molar-refractivity contribution in [2.24, 2.45) is 5.41 Å². The predicted molar refractivity (Wildman–Crippen MR) is 67.7 cm³/mol. The third kappa shape index (κ3) is 2.74. The fourth-order valence-corrected chi connectivity index (χ4v) is 3.01. The van der Waals surface area contributed by atoms with Crippen molar-refractivity contribution < 1.29 is 0 Å². The molecule has 1 fully saturated rings. The number of halogens is 1. The van der Waals surface area contributed by atoms with Gasteiger partial charge in [0, 0.05) is 12.6 Å². The van der Waals surface area contributed by atoms with E-state index >= 15 is 0 Å². The molecule has 0 amide bonds. The lowest BCUT2D eigenvalue weighted by atomic mass is 9.70. The first-order chi connectivity index (χ1) is 7.09. The molecule has 3 heteroatoms. The molecule has 1 nitrogen and oxygen atoms in total. The van der Waals surface area contributed by atoms with E-state index in [9.17, 15) is 0 Å². The van der Waals surface area contributed by atoms with E-state index < -0.39 is 0 Å². The number of hydrogen-bond donors (Lipinski definition) is 1. The van der Waals surface area contributed by atoms with Crippen LogP contribution in [0.2, 0.25) is 4.34 Å². The van der Waals surface area contributed by atoms with E-state index in [-0.39, 0.29) is 0 Å². The summed E-state index contributed by atoms with van der Waals surface area (Å²) in [5, 5.41) is 5.74. The van der Waals surface area contributed by atoms with Crippen LogP contribution in [0.4, 0.5) is 0 Å². The quantitative estimate of drug-likeness (QED) is 0.834. The van der Waals surface area contributed by atoms with Gasteiger partial charge in [0.25, 0.3) is 0 Å². The van der Waals surface area contributed by atoms with Crippen LogP contribution < -0.4 is 5.32 Å². The number of rotatable bonds is 4. The minimum atomic E-state index is 0.422. The summed E-state index contributed by atoms with van der Waals surface area (Å²) in [6.45, 7) is 5.71. The lowest BCUT2D eigenvalue weighted by molar-refractivity contribution is 0.152. The summed E-state index contributed by atoms with van der Waals surface area (Å²) in [6.07, 6.45) is 4.14. The molecular formula is C12H18ClNS. The maximum atomic E-state index is 5.92. The molecule has 0 aromatic carbocycles. The van der Waals surface area contributed by atoms with Crippen LogP contribution in [0.25, 0.3) is 0 Å². The average Bonchev–Trinajstić information content (AvgIpc) is 2.58. The standard InChI is InChI=1S/C12H18ClNS/c1-9(10-6-11(13)15-7-10)14-8-12(2)4-3-5-12/h6-7,9,14H,3-5,8H2,1-2H3. The third-order valence-corrected chi connectivity index (χ3v) is 4.59. The van der Waals surface area contributed by atoms with Gasteiger partial charge in [0.05, 0.1) is 4.34 Å². The molecular weight excluding hydrogens is 226 g/mol. The lowest BCUT2D eigenvalue weighted by Gasteiger charge is -2.39. The Morgan fingerprint density at radius 3 is 2.80 bits per heavy atom. The second-order valence-corrected chi connectivity index (χ2v) is 6.49. The fourth-order valence-electron chi connectivity index (χ4n) is 2.02. The number of hydrogen-bond acceptors (Lipinski definition) is 2. The fraction of sp³-hybridized carbons (Fsp3) is 0.667. The molecule has 1 N–H and O–H groups in total. The molecule has 1 atom stereocenters. The highest BCUT2D eigenvalue weighted by atomic mass is 35.5. The van der Waals surface area contributed by atoms with Gasteiger partial charge < -0.3 is 5.32 Å². The molecule has 0 bridgehead atoms. The Balaban J connectivity index is 1.84. The van der Waals surface area contributed by atoms with Crippen molar-refractivity contribution in [1.82, 2.24) is 5.32 Å². The topological polar surface area (TPSA) is 12.0 Å². The van der Waals surface area contributed by atoms with Gasteiger partial charge in [0.1, 0.15) is 0 Å². The smallest absolute Gasteiger partial charge is 0.0931 e. The zero-order valence-electron chi connectivity index (χ0n) is 9.35. The SMILES string of the molecule is CC(NCC1(C)CCC1)c1csc(Cl)c1. The third-order valence-electron chi connectivity index (χ3n) is 3.48. The van der Waals surface area contributed by atoms with Crippen LogP contribution in [0, 0.1) is 5.41 Å². The van der Waals surface area contributed by atoms with Crippen LogP contribution >= 0.6 is 22.9 Å². The van der Waals surface area contributed by atoms with E-state index in [4.69, 9.17) is 11.6 Å². The first kappa shape index (κ1) is 11.4. The van der Waals surface area contributed by atoms with E-state index in [1.54, 1.807) is 11.3 Å². The molecule has 1 saturated carbocycles. The Morgan fingerprint density at radius 2 is 2.33 bits per heavy atom. The average molecular weight is 244 g/mol. The maximum Gasteiger partial charge on any atom is 0.0931 e. The molecule has 1 unspecified atom stereocenters. The first-order valence-electron chi connectivity index (χ1n) is 5.56. The Kier molecular flexibility index (Phi) is 3.39. The van der Waals surface area contributed by atoms with Gasteiger partial charge in [-0.2, -0.15) is 0 Å². The van der Waals surface area contributed by atoms with Crippen molar-refractivity contribution in [2.75, 3.05) is 6.54 Å². The van der Waals surface area contributed by atoms with Gasteiger partial charge in [0.15, 0.2) is 0 Å². The van der Waals surface area contributed by atoms with Crippen LogP contribution in [-0.4, -0.2) is 6.54 Å². The second kappa shape index (κ2) is 4.44. The van der Waals surface area contributed by atoms with E-state index in [0.29, 0.717) is 11.5 Å². The van der Waals surface area contributed by atoms with Crippen LogP contribution in [0.5, 0.6) is 0 Å². The van der Waals surface area contributed by atoms with Crippen molar-refractivity contribution in [2.45, 2.75) is 39.2 Å². The zero-order valence-corrected chi connectivity index (χ0v) is 10.9. The van der Waals surface area contributed by atoms with Gasteiger partial charge in [-0.25, -0.2) is 0 Å². The van der Waals surface area contributed by atoms with Gasteiger partial charge in [-0.3, -0.25) is 0 Å². The normalized spacial score (nSPS) is 21.0. The summed E-state index contributed by atoms with van der Waals surface area (Å²) in [5.74, 6) is 0. The predicted octanol–water partition coefficient (Wildman–Crippen LogP) is 4.24. The monoisotopic (exact) mass is 243 g/mol. The van der Waals surface area contributed by atoms with Crippen molar-refractivity contribution in [3.8, 4) is 0 Å². The van der Waals surface area contributed by atoms with Crippen LogP contribution in [0.3, 0.4) is 0 Å². The summed E-state index contributed by atoms with van der Waals surface area (Å²) in [5.41, 5.74) is 1.86. The maximum absolute atomic E-state index is 5.92. The summed E-state index contributed by atoms with van der Waals surface area (Å²) < 4.78 is 0.883. The molecule has 0 radical (unpaired) electrons. The highest BCUT2D eigenvalue weighted by Crippen LogP contribution is 2.40. The minimum Gasteiger partial charge on any atom is -0.310 e. The molecule has 1 heterocycles. The molecule has 1 aliphatic rings. The zero-order chi connectivity index (χ0) is 10.9. The van der Waals surface area contributed by atoms with E-state index in [1.165, 1.54) is 24.8 Å². The highest BCUT2D eigenvalue weighted by Gasteiger charge is 2.31. The largest absolute Gasteiger partial charge is 0.310 e. The van der Waals surface area contributed by atoms with Crippen LogP contribution in [0.1, 0.15) is 44.7 Å². The van der Waals surface area contributed by atoms with E-state index in [1.807, 2.05) is 0 Å². The summed E-state index contributed by atoms with van der Waals surface area (Å²) in [6, 6.07) is 2.48. The molecule has 1 aliphatic carbocycles. The molecule has 15 heavy (non-hydrogen) atoms. The second-order valence-electron chi connectivity index (χ2n) is 4.95. The summed E-state index contributed by atoms with van der Waals surface area (Å²) in [7, 11) is 0. The summed E-state index contributed by atoms with van der Waals surface area (Å²) in [4.78, 5) is 0. The van der Waals surface area contributed by atoms with Gasteiger partial charge in [-0.1, -0.05) is 24.9 Å². The van der Waals surface area contributed by atoms with Gasteiger partial charge in [-0.15, -0.1) is 11.3 Å². The van der Waals surface area contributed by atoms with E-state index in [2.05, 4.69) is 30.6 Å². The van der Waals surface area contributed by atoms with E-state index in [0.717, 1.165) is 10.9 Å². The highest BCUT2D eigenvalue weighted by molar-refractivity contribution is 7.14. The molecule has 1 aromatic heterocycles. The molecule has 84 valence electrons. The lowest BCUT2D eigenvalue weighted by Crippen LogP contribution is -2.38. The Morgan fingerprint density at radius 1 is 1.60 bits per heavy atom. The Bertz CT molecular complexity index is 330. The van der Waals surface area contributed by atoms with Crippen LogP contribution in [-0.2, 0) is 0 Å². The van der Waals surface area contributed by atoms with Crippen molar-refractivity contribution in [1.29, 1.82) is 0 Å². The summed E-state index contributed by atoms with van der Waals surface area (Å²) >= 11 is 7.53. The van der Waals surface area contributed by atoms with Crippen LogP contribution in [0.15, 0.2) is 11.4 Å².